The number of rotatable bonds is 0. The summed E-state index contributed by atoms with van der Waals surface area (Å²) in [5.74, 6) is -0.163. The van der Waals surface area contributed by atoms with E-state index >= 15 is 0 Å². The lowest BCUT2D eigenvalue weighted by Crippen LogP contribution is -2.57. The third-order valence-corrected chi connectivity index (χ3v) is 3.15. The Balaban J connectivity index is 3.05. The molecule has 0 saturated carbocycles. The molecule has 0 amide bonds. The van der Waals surface area contributed by atoms with Gasteiger partial charge >= 0.3 is 5.97 Å². The van der Waals surface area contributed by atoms with E-state index in [-0.39, 0.29) is 22.9 Å². The number of hydrogen-bond donors (Lipinski definition) is 0. The Morgan fingerprint density at radius 3 is 1.82 bits per heavy atom. The molecule has 0 bridgehead atoms. The van der Waals surface area contributed by atoms with Gasteiger partial charge in [0.05, 0.1) is 11.5 Å². The molecule has 1 rings (SSSR count). The van der Waals surface area contributed by atoms with Gasteiger partial charge < -0.3 is 9.47 Å². The summed E-state index contributed by atoms with van der Waals surface area (Å²) >= 11 is 0. The fourth-order valence-corrected chi connectivity index (χ4v) is 2.35. The Kier molecular flexibility index (Phi) is 3.39. The highest BCUT2D eigenvalue weighted by Gasteiger charge is 2.52. The molecule has 0 spiro atoms. The molecule has 1 aliphatic rings. The smallest absolute Gasteiger partial charge is 0.316 e. The largest absolute Gasteiger partial charge is 0.435 e. The van der Waals surface area contributed by atoms with Crippen molar-refractivity contribution >= 4 is 5.97 Å². The molecule has 3 heteroatoms. The first-order valence-corrected chi connectivity index (χ1v) is 6.23. The Morgan fingerprint density at radius 1 is 1.00 bits per heavy atom. The monoisotopic (exact) mass is 242 g/mol. The van der Waals surface area contributed by atoms with Gasteiger partial charge in [0.1, 0.15) is 0 Å². The van der Waals surface area contributed by atoms with Crippen molar-refractivity contribution in [1.29, 1.82) is 0 Å². The first-order valence-electron chi connectivity index (χ1n) is 6.23. The van der Waals surface area contributed by atoms with Crippen molar-refractivity contribution in [2.24, 2.45) is 16.2 Å². The Hall–Kier alpha value is -0.570. The van der Waals surface area contributed by atoms with E-state index in [0.717, 1.165) is 0 Å². The summed E-state index contributed by atoms with van der Waals surface area (Å²) in [7, 11) is 0. The van der Waals surface area contributed by atoms with E-state index in [2.05, 4.69) is 20.8 Å². The molecule has 0 radical (unpaired) electrons. The van der Waals surface area contributed by atoms with Gasteiger partial charge in [-0.15, -0.1) is 0 Å². The lowest BCUT2D eigenvalue weighted by atomic mass is 9.72. The van der Waals surface area contributed by atoms with Gasteiger partial charge in [-0.1, -0.05) is 41.5 Å². The highest BCUT2D eigenvalue weighted by molar-refractivity contribution is 5.77. The van der Waals surface area contributed by atoms with Gasteiger partial charge in [-0.2, -0.15) is 0 Å². The van der Waals surface area contributed by atoms with Crippen LogP contribution in [-0.2, 0) is 14.3 Å². The van der Waals surface area contributed by atoms with E-state index in [1.165, 1.54) is 0 Å². The van der Waals surface area contributed by atoms with E-state index < -0.39 is 11.7 Å². The average molecular weight is 242 g/mol. The molecule has 0 aromatic heterocycles. The second kappa shape index (κ2) is 3.98. The van der Waals surface area contributed by atoms with Gasteiger partial charge in [0.15, 0.2) is 0 Å². The molecular weight excluding hydrogens is 216 g/mol. The molecule has 0 aromatic rings. The predicted molar refractivity (Wildman–Crippen MR) is 67.4 cm³/mol. The molecule has 17 heavy (non-hydrogen) atoms. The van der Waals surface area contributed by atoms with Crippen LogP contribution in [0, 0.1) is 16.2 Å². The third-order valence-electron chi connectivity index (χ3n) is 3.15. The zero-order valence-electron chi connectivity index (χ0n) is 12.4. The predicted octanol–water partition coefficient (Wildman–Crippen LogP) is 3.37. The van der Waals surface area contributed by atoms with Crippen molar-refractivity contribution in [3.8, 4) is 0 Å². The zero-order valence-corrected chi connectivity index (χ0v) is 12.4. The maximum Gasteiger partial charge on any atom is 0.316 e. The van der Waals surface area contributed by atoms with E-state index in [4.69, 9.17) is 9.47 Å². The van der Waals surface area contributed by atoms with Crippen LogP contribution in [0.25, 0.3) is 0 Å². The number of ether oxygens (including phenoxy) is 2. The molecule has 1 heterocycles. The summed E-state index contributed by atoms with van der Waals surface area (Å²) in [6.07, 6.45) is -0.604. The summed E-state index contributed by atoms with van der Waals surface area (Å²) in [6, 6.07) is 0. The lowest BCUT2D eigenvalue weighted by Gasteiger charge is -2.49. The summed E-state index contributed by atoms with van der Waals surface area (Å²) in [5.41, 5.74) is -0.887. The molecule has 0 N–H and O–H groups in total. The SMILES string of the molecule is CC(C)(C)C1OC(=O)C(C)(C)C(C(C)(C)C)O1. The first kappa shape index (κ1) is 14.5. The fourth-order valence-electron chi connectivity index (χ4n) is 2.35. The number of carbonyl (C=O) groups excluding carboxylic acids is 1. The lowest BCUT2D eigenvalue weighted by molar-refractivity contribution is -0.287. The van der Waals surface area contributed by atoms with Crippen LogP contribution in [0.2, 0.25) is 0 Å². The standard InChI is InChI=1S/C14H26O3/c1-12(2,3)9-14(7,8)10(15)17-11(16-9)13(4,5)6/h9,11H,1-8H3. The molecule has 1 fully saturated rings. The summed E-state index contributed by atoms with van der Waals surface area (Å²) in [6.45, 7) is 16.1. The summed E-state index contributed by atoms with van der Waals surface area (Å²) in [4.78, 5) is 12.1. The van der Waals surface area contributed by atoms with E-state index in [1.807, 2.05) is 34.6 Å². The van der Waals surface area contributed by atoms with E-state index in [1.54, 1.807) is 0 Å². The number of hydrogen-bond acceptors (Lipinski definition) is 3. The van der Waals surface area contributed by atoms with Crippen LogP contribution in [0.5, 0.6) is 0 Å². The van der Waals surface area contributed by atoms with Gasteiger partial charge in [-0.05, 0) is 19.3 Å². The minimum Gasteiger partial charge on any atom is -0.435 e. The van der Waals surface area contributed by atoms with Crippen LogP contribution in [0.4, 0.5) is 0 Å². The molecule has 2 atom stereocenters. The number of carbonyl (C=O) groups is 1. The Morgan fingerprint density at radius 2 is 1.47 bits per heavy atom. The normalized spacial score (nSPS) is 30.0. The molecule has 1 saturated heterocycles. The molecule has 100 valence electrons. The molecule has 1 aliphatic heterocycles. The maximum atomic E-state index is 12.1. The average Bonchev–Trinajstić information content (AvgIpc) is 2.04. The molecular formula is C14H26O3. The van der Waals surface area contributed by atoms with Crippen molar-refractivity contribution in [2.45, 2.75) is 67.8 Å². The summed E-state index contributed by atoms with van der Waals surface area (Å²) < 4.78 is 11.5. The number of cyclic esters (lactones) is 1. The Bertz CT molecular complexity index is 304. The van der Waals surface area contributed by atoms with Crippen molar-refractivity contribution in [3.05, 3.63) is 0 Å². The molecule has 0 aliphatic carbocycles. The minimum atomic E-state index is -0.597. The second-order valence-corrected chi connectivity index (χ2v) is 7.71. The summed E-state index contributed by atoms with van der Waals surface area (Å²) in [5, 5.41) is 0. The van der Waals surface area contributed by atoms with Gasteiger partial charge in [0, 0.05) is 5.41 Å². The number of esters is 1. The minimum absolute atomic E-state index is 0.0908. The van der Waals surface area contributed by atoms with E-state index in [9.17, 15) is 4.79 Å². The second-order valence-electron chi connectivity index (χ2n) is 7.71. The van der Waals surface area contributed by atoms with Gasteiger partial charge in [0.25, 0.3) is 0 Å². The first-order chi connectivity index (χ1) is 7.37. The van der Waals surface area contributed by atoms with Gasteiger partial charge in [-0.25, -0.2) is 0 Å². The third kappa shape index (κ3) is 2.82. The topological polar surface area (TPSA) is 35.5 Å². The molecule has 0 aromatic carbocycles. The van der Waals surface area contributed by atoms with Crippen molar-refractivity contribution in [1.82, 2.24) is 0 Å². The van der Waals surface area contributed by atoms with Gasteiger partial charge in [0.2, 0.25) is 6.29 Å². The van der Waals surface area contributed by atoms with Crippen LogP contribution in [0.1, 0.15) is 55.4 Å². The van der Waals surface area contributed by atoms with Gasteiger partial charge in [-0.3, -0.25) is 4.79 Å². The van der Waals surface area contributed by atoms with Crippen LogP contribution < -0.4 is 0 Å². The van der Waals surface area contributed by atoms with Crippen molar-refractivity contribution < 1.29 is 14.3 Å². The van der Waals surface area contributed by atoms with Crippen LogP contribution >= 0.6 is 0 Å². The molecule has 3 nitrogen and oxygen atoms in total. The van der Waals surface area contributed by atoms with Crippen LogP contribution in [0.3, 0.4) is 0 Å². The highest BCUT2D eigenvalue weighted by Crippen LogP contribution is 2.44. The maximum absolute atomic E-state index is 12.1. The van der Waals surface area contributed by atoms with E-state index in [0.29, 0.717) is 0 Å². The quantitative estimate of drug-likeness (QED) is 0.611. The highest BCUT2D eigenvalue weighted by atomic mass is 16.7. The van der Waals surface area contributed by atoms with Crippen molar-refractivity contribution in [2.75, 3.05) is 0 Å². The van der Waals surface area contributed by atoms with Crippen LogP contribution in [0.15, 0.2) is 0 Å². The van der Waals surface area contributed by atoms with Crippen LogP contribution in [-0.4, -0.2) is 18.4 Å². The zero-order chi connectivity index (χ0) is 13.6. The fraction of sp³-hybridized carbons (Fsp3) is 0.929. The van der Waals surface area contributed by atoms with Crippen molar-refractivity contribution in [3.63, 3.8) is 0 Å². The Labute approximate surface area is 105 Å². The molecule has 2 unspecified atom stereocenters.